The Labute approximate surface area is 456 Å². The van der Waals surface area contributed by atoms with Gasteiger partial charge in [0.25, 0.3) is 11.8 Å². The van der Waals surface area contributed by atoms with Crippen LogP contribution in [0.4, 0.5) is 8.78 Å². The largest absolute Gasteiger partial charge is 0.497 e. The number of likely N-dealkylation sites (tertiary alicyclic amines) is 1. The van der Waals surface area contributed by atoms with Crippen LogP contribution in [-0.4, -0.2) is 94.9 Å². The average Bonchev–Trinajstić information content (AvgIpc) is 4.19. The highest BCUT2D eigenvalue weighted by Gasteiger charge is 2.37. The maximum atomic E-state index is 13.6. The fourth-order valence-electron chi connectivity index (χ4n) is 10.6. The van der Waals surface area contributed by atoms with E-state index in [4.69, 9.17) is 23.9 Å². The molecule has 79 heavy (non-hydrogen) atoms. The van der Waals surface area contributed by atoms with Gasteiger partial charge in [-0.15, -0.1) is 0 Å². The number of hydrogen-bond acceptors (Lipinski definition) is 10. The zero-order chi connectivity index (χ0) is 55.3. The van der Waals surface area contributed by atoms with Crippen LogP contribution >= 0.6 is 0 Å². The van der Waals surface area contributed by atoms with E-state index in [1.165, 1.54) is 24.3 Å². The summed E-state index contributed by atoms with van der Waals surface area (Å²) < 4.78 is 50.0. The normalized spacial score (nSPS) is 13.8. The number of rotatable bonds is 16. The Kier molecular flexibility index (Phi) is 15.8. The van der Waals surface area contributed by atoms with Gasteiger partial charge in [-0.25, -0.2) is 8.78 Å². The van der Waals surface area contributed by atoms with Crippen LogP contribution in [0.2, 0.25) is 0 Å². The maximum absolute atomic E-state index is 13.6. The summed E-state index contributed by atoms with van der Waals surface area (Å²) in [5, 5.41) is 11.1. The Balaban J connectivity index is 0.000000180. The molecule has 0 atom stereocenters. The Morgan fingerprint density at radius 3 is 1.37 bits per heavy atom. The summed E-state index contributed by atoms with van der Waals surface area (Å²) in [6.07, 6.45) is 7.61. The summed E-state index contributed by atoms with van der Waals surface area (Å²) in [7, 11) is 6.66. The highest BCUT2D eigenvalue weighted by atomic mass is 19.1. The van der Waals surface area contributed by atoms with Gasteiger partial charge in [-0.2, -0.15) is 0 Å². The van der Waals surface area contributed by atoms with E-state index in [0.29, 0.717) is 69.6 Å². The van der Waals surface area contributed by atoms with Gasteiger partial charge in [0, 0.05) is 63.4 Å². The van der Waals surface area contributed by atoms with Crippen LogP contribution in [0, 0.1) is 11.6 Å². The van der Waals surface area contributed by atoms with Gasteiger partial charge in [0.2, 0.25) is 5.91 Å². The second kappa shape index (κ2) is 23.4. The molecule has 8 aromatic rings. The summed E-state index contributed by atoms with van der Waals surface area (Å²) in [6, 6.07) is 31.6. The Hall–Kier alpha value is -8.92. The third kappa shape index (κ3) is 11.7. The molecule has 1 N–H and O–H groups in total. The van der Waals surface area contributed by atoms with Crippen LogP contribution in [-0.2, 0) is 61.6 Å². The Morgan fingerprint density at radius 2 is 0.962 bits per heavy atom. The number of nitrogens with zero attached hydrogens (tertiary/aromatic N) is 5. The molecule has 0 aliphatic carbocycles. The second-order valence-corrected chi connectivity index (χ2v) is 20.2. The van der Waals surface area contributed by atoms with Crippen molar-refractivity contribution in [3.8, 4) is 23.0 Å². The molecule has 6 aromatic carbocycles. The van der Waals surface area contributed by atoms with E-state index in [0.717, 1.165) is 93.7 Å². The van der Waals surface area contributed by atoms with E-state index in [9.17, 15) is 33.1 Å². The van der Waals surface area contributed by atoms with Crippen molar-refractivity contribution in [2.75, 3.05) is 41.4 Å². The zero-order valence-corrected chi connectivity index (χ0v) is 44.4. The number of pyridine rings is 2. The lowest BCUT2D eigenvalue weighted by molar-refractivity contribution is -0.136. The number of amides is 3. The molecule has 0 spiro atoms. The van der Waals surface area contributed by atoms with Crippen molar-refractivity contribution in [1.29, 1.82) is 0 Å². The minimum Gasteiger partial charge on any atom is -0.497 e. The Morgan fingerprint density at radius 1 is 0.557 bits per heavy atom. The summed E-state index contributed by atoms with van der Waals surface area (Å²) in [6.45, 7) is 2.64. The van der Waals surface area contributed by atoms with Gasteiger partial charge < -0.3 is 38.8 Å². The maximum Gasteiger partial charge on any atom is 0.307 e. The van der Waals surface area contributed by atoms with Crippen molar-refractivity contribution < 1.29 is 52.0 Å². The third-order valence-electron chi connectivity index (χ3n) is 14.8. The number of carbonyl (C=O) groups excluding carboxylic acids is 3. The van der Waals surface area contributed by atoms with Crippen LogP contribution in [0.5, 0.6) is 23.0 Å². The number of aromatic nitrogens is 2. The quantitative estimate of drug-likeness (QED) is 0.0981. The molecule has 11 rings (SSSR count). The number of aliphatic carboxylic acids is 1. The first-order chi connectivity index (χ1) is 38.2. The molecule has 0 unspecified atom stereocenters. The standard InChI is InChI=1S/C34H34FN3O4.C29H25FN2O5/c1-37-20-29-27(18-30(39)38-14-4-3-5-15-38)28-17-24(16-22-6-10-25(35)11-7-22)19-36-32(28)33(31(29)34(37)40)42-21-23-8-12-26(41-2)13-9-23;1-32-15-24-22(13-25(33)34)23-12-19(11-17-3-7-20(30)8-4-17)14-31-27(23)28(26(24)29(32)35)37-16-18-5-9-21(36-2)10-6-18/h6-13,17,19H,3-5,14-16,18,20-21H2,1-2H3;3-10,12,14H,11,13,15-16H2,1-2H3,(H,33,34). The number of carbonyl (C=O) groups is 4. The number of fused-ring (bicyclic) bond motifs is 4. The lowest BCUT2D eigenvalue weighted by Gasteiger charge is -2.27. The van der Waals surface area contributed by atoms with Gasteiger partial charge in [-0.3, -0.25) is 29.1 Å². The van der Waals surface area contributed by atoms with Crippen molar-refractivity contribution in [1.82, 2.24) is 24.7 Å². The van der Waals surface area contributed by atoms with E-state index in [2.05, 4.69) is 4.98 Å². The first kappa shape index (κ1) is 53.5. The number of benzene rings is 6. The summed E-state index contributed by atoms with van der Waals surface area (Å²) in [5.41, 5.74) is 10.1. The number of piperidine rings is 1. The Bertz CT molecular complexity index is 3610. The molecule has 0 bridgehead atoms. The summed E-state index contributed by atoms with van der Waals surface area (Å²) in [4.78, 5) is 66.7. The van der Waals surface area contributed by atoms with Crippen LogP contribution < -0.4 is 18.9 Å². The van der Waals surface area contributed by atoms with Gasteiger partial charge in [0.05, 0.1) is 38.2 Å². The molecule has 16 heteroatoms. The smallest absolute Gasteiger partial charge is 0.307 e. The van der Waals surface area contributed by atoms with Crippen molar-refractivity contribution in [2.24, 2.45) is 0 Å². The van der Waals surface area contributed by atoms with Gasteiger partial charge in [0.15, 0.2) is 11.5 Å². The molecule has 3 aliphatic heterocycles. The number of carboxylic acid groups (broad SMARTS) is 1. The molecule has 3 amide bonds. The van der Waals surface area contributed by atoms with Gasteiger partial charge >= 0.3 is 5.97 Å². The molecule has 5 heterocycles. The zero-order valence-electron chi connectivity index (χ0n) is 44.4. The molecular formula is C63H59F2N5O9. The first-order valence-corrected chi connectivity index (χ1v) is 26.2. The lowest BCUT2D eigenvalue weighted by atomic mass is 9.92. The van der Waals surface area contributed by atoms with Crippen molar-refractivity contribution in [3.63, 3.8) is 0 Å². The molecule has 0 radical (unpaired) electrons. The van der Waals surface area contributed by atoms with Crippen LogP contribution in [0.1, 0.15) is 95.6 Å². The van der Waals surface area contributed by atoms with Crippen LogP contribution in [0.15, 0.2) is 122 Å². The molecule has 2 aromatic heterocycles. The molecule has 404 valence electrons. The van der Waals surface area contributed by atoms with Gasteiger partial charge in [0.1, 0.15) is 47.4 Å². The predicted molar refractivity (Wildman–Crippen MR) is 294 cm³/mol. The van der Waals surface area contributed by atoms with E-state index < -0.39 is 5.97 Å². The number of halogens is 2. The predicted octanol–water partition coefficient (Wildman–Crippen LogP) is 10.5. The fraction of sp³-hybridized carbons (Fsp3) is 0.270. The van der Waals surface area contributed by atoms with Crippen LogP contribution in [0.3, 0.4) is 0 Å². The number of ether oxygens (including phenoxy) is 4. The van der Waals surface area contributed by atoms with E-state index in [1.807, 2.05) is 65.6 Å². The topological polar surface area (TPSA) is 161 Å². The molecule has 14 nitrogen and oxygen atoms in total. The van der Waals surface area contributed by atoms with Crippen molar-refractivity contribution in [2.45, 2.75) is 71.2 Å². The van der Waals surface area contributed by atoms with Crippen molar-refractivity contribution >= 4 is 45.5 Å². The minimum atomic E-state index is -0.999. The highest BCUT2D eigenvalue weighted by molar-refractivity contribution is 6.09. The summed E-state index contributed by atoms with van der Waals surface area (Å²) >= 11 is 0. The average molecular weight is 1070 g/mol. The van der Waals surface area contributed by atoms with E-state index >= 15 is 0 Å². The first-order valence-electron chi connectivity index (χ1n) is 26.2. The van der Waals surface area contributed by atoms with Crippen LogP contribution in [0.25, 0.3) is 21.8 Å². The SMILES string of the molecule is COc1ccc(COc2c3c(c(CC(=O)N4CCCCC4)c4cc(Cc5ccc(F)cc5)cnc24)CN(C)C3=O)cc1.COc1ccc(COc2c3c(c(CC(=O)O)c4cc(Cc5ccc(F)cc5)cnc24)CN(C)C3=O)cc1. The van der Waals surface area contributed by atoms with Gasteiger partial charge in [-0.05, 0) is 148 Å². The van der Waals surface area contributed by atoms with E-state index in [-0.39, 0.29) is 62.0 Å². The van der Waals surface area contributed by atoms with E-state index in [1.54, 1.807) is 74.8 Å². The summed E-state index contributed by atoms with van der Waals surface area (Å²) in [5.74, 6) is 0.359. The molecule has 0 saturated carbocycles. The number of hydrogen-bond donors (Lipinski definition) is 1. The fourth-order valence-corrected chi connectivity index (χ4v) is 10.6. The molecule has 1 saturated heterocycles. The lowest BCUT2D eigenvalue weighted by Crippen LogP contribution is -2.36. The second-order valence-electron chi connectivity index (χ2n) is 20.2. The number of carboxylic acids is 1. The van der Waals surface area contributed by atoms with Gasteiger partial charge in [-0.1, -0.05) is 48.5 Å². The molecule has 1 fully saturated rings. The minimum absolute atomic E-state index is 0.0658. The van der Waals surface area contributed by atoms with Crippen molar-refractivity contribution in [3.05, 3.63) is 200 Å². The monoisotopic (exact) mass is 1070 g/mol. The molecule has 3 aliphatic rings. The number of methoxy groups -OCH3 is 2. The third-order valence-corrected chi connectivity index (χ3v) is 14.8. The highest BCUT2D eigenvalue weighted by Crippen LogP contribution is 2.43. The molecular weight excluding hydrogens is 1010 g/mol.